The SMILES string of the molecule is COc1cccc(N2C(=O)C(Nc3ccc4c(c3)OCO4)=C(c3cccs3)C2=O)c1. The average molecular weight is 420 g/mol. The molecule has 0 spiro atoms. The van der Waals surface area contributed by atoms with E-state index in [1.54, 1.807) is 42.5 Å². The van der Waals surface area contributed by atoms with E-state index in [2.05, 4.69) is 5.32 Å². The van der Waals surface area contributed by atoms with Gasteiger partial charge in [0.05, 0.1) is 18.4 Å². The molecular weight excluding hydrogens is 404 g/mol. The van der Waals surface area contributed by atoms with Gasteiger partial charge < -0.3 is 19.5 Å². The van der Waals surface area contributed by atoms with E-state index >= 15 is 0 Å². The molecule has 0 unspecified atom stereocenters. The lowest BCUT2D eigenvalue weighted by Gasteiger charge is -2.16. The van der Waals surface area contributed by atoms with Crippen LogP contribution in [0.3, 0.4) is 0 Å². The largest absolute Gasteiger partial charge is 0.497 e. The number of fused-ring (bicyclic) bond motifs is 1. The average Bonchev–Trinajstić information content (AvgIpc) is 3.49. The highest BCUT2D eigenvalue weighted by Crippen LogP contribution is 2.38. The molecule has 2 amide bonds. The minimum atomic E-state index is -0.436. The molecule has 0 aliphatic carbocycles. The van der Waals surface area contributed by atoms with Crippen LogP contribution in [-0.2, 0) is 9.59 Å². The molecule has 2 aromatic carbocycles. The van der Waals surface area contributed by atoms with Crippen LogP contribution in [-0.4, -0.2) is 25.7 Å². The van der Waals surface area contributed by atoms with E-state index in [1.165, 1.54) is 18.4 Å². The van der Waals surface area contributed by atoms with E-state index in [1.807, 2.05) is 17.5 Å². The van der Waals surface area contributed by atoms with Crippen LogP contribution in [0.25, 0.3) is 5.57 Å². The van der Waals surface area contributed by atoms with Crippen LogP contribution in [0.15, 0.2) is 65.7 Å². The summed E-state index contributed by atoms with van der Waals surface area (Å²) in [6.07, 6.45) is 0. The Morgan fingerprint density at radius 3 is 2.67 bits per heavy atom. The molecule has 0 saturated heterocycles. The van der Waals surface area contributed by atoms with Crippen molar-refractivity contribution in [2.75, 3.05) is 24.1 Å². The first-order chi connectivity index (χ1) is 14.7. The van der Waals surface area contributed by atoms with Gasteiger partial charge in [-0.1, -0.05) is 12.1 Å². The van der Waals surface area contributed by atoms with E-state index in [0.29, 0.717) is 39.1 Å². The molecule has 7 nitrogen and oxygen atoms in total. The first-order valence-corrected chi connectivity index (χ1v) is 10.0. The second-order valence-electron chi connectivity index (χ2n) is 6.57. The fourth-order valence-corrected chi connectivity index (χ4v) is 4.17. The Hall–Kier alpha value is -3.78. The van der Waals surface area contributed by atoms with Crippen LogP contribution < -0.4 is 24.4 Å². The third kappa shape index (κ3) is 2.98. The highest BCUT2D eigenvalue weighted by atomic mass is 32.1. The maximum absolute atomic E-state index is 13.4. The number of carbonyl (C=O) groups excluding carboxylic acids is 2. The molecule has 0 fully saturated rings. The number of carbonyl (C=O) groups is 2. The molecule has 1 aromatic heterocycles. The molecular formula is C22H16N2O5S. The molecule has 0 bridgehead atoms. The van der Waals surface area contributed by atoms with Gasteiger partial charge in [0, 0.05) is 22.7 Å². The Labute approximate surface area is 176 Å². The summed E-state index contributed by atoms with van der Waals surface area (Å²) in [5, 5.41) is 4.99. The van der Waals surface area contributed by atoms with Gasteiger partial charge in [0.15, 0.2) is 11.5 Å². The second-order valence-corrected chi connectivity index (χ2v) is 7.52. The summed E-state index contributed by atoms with van der Waals surface area (Å²) in [6.45, 7) is 0.156. The molecule has 2 aliphatic heterocycles. The van der Waals surface area contributed by atoms with Crippen molar-refractivity contribution in [3.05, 3.63) is 70.6 Å². The van der Waals surface area contributed by atoms with Crippen LogP contribution in [0.1, 0.15) is 4.88 Å². The van der Waals surface area contributed by atoms with Gasteiger partial charge in [-0.05, 0) is 35.7 Å². The van der Waals surface area contributed by atoms with Gasteiger partial charge in [-0.25, -0.2) is 4.90 Å². The number of hydrogen-bond donors (Lipinski definition) is 1. The standard InChI is InChI=1S/C22H16N2O5S/c1-27-15-5-2-4-14(11-15)24-21(25)19(18-6-3-9-30-18)20(22(24)26)23-13-7-8-16-17(10-13)29-12-28-16/h2-11,23H,12H2,1H3. The summed E-state index contributed by atoms with van der Waals surface area (Å²) in [4.78, 5) is 28.6. The van der Waals surface area contributed by atoms with Crippen molar-refractivity contribution >= 4 is 40.1 Å². The van der Waals surface area contributed by atoms with Gasteiger partial charge in [-0.3, -0.25) is 9.59 Å². The fourth-order valence-electron chi connectivity index (χ4n) is 3.40. The molecule has 5 rings (SSSR count). The Morgan fingerprint density at radius 2 is 1.87 bits per heavy atom. The Bertz CT molecular complexity index is 1190. The predicted molar refractivity (Wildman–Crippen MR) is 113 cm³/mol. The van der Waals surface area contributed by atoms with E-state index in [4.69, 9.17) is 14.2 Å². The topological polar surface area (TPSA) is 77.1 Å². The lowest BCUT2D eigenvalue weighted by atomic mass is 10.1. The lowest BCUT2D eigenvalue weighted by Crippen LogP contribution is -2.32. The van der Waals surface area contributed by atoms with Crippen molar-refractivity contribution in [3.8, 4) is 17.2 Å². The fraction of sp³-hybridized carbons (Fsp3) is 0.0909. The number of benzene rings is 2. The van der Waals surface area contributed by atoms with Crippen molar-refractivity contribution in [2.24, 2.45) is 0 Å². The molecule has 2 aliphatic rings. The monoisotopic (exact) mass is 420 g/mol. The van der Waals surface area contributed by atoms with Crippen LogP contribution >= 0.6 is 11.3 Å². The van der Waals surface area contributed by atoms with Gasteiger partial charge in [0.25, 0.3) is 11.8 Å². The Balaban J connectivity index is 1.56. The summed E-state index contributed by atoms with van der Waals surface area (Å²) < 4.78 is 16.0. The summed E-state index contributed by atoms with van der Waals surface area (Å²) in [6, 6.07) is 15.8. The number of anilines is 2. The highest BCUT2D eigenvalue weighted by molar-refractivity contribution is 7.11. The number of amides is 2. The summed E-state index contributed by atoms with van der Waals surface area (Å²) in [7, 11) is 1.54. The summed E-state index contributed by atoms with van der Waals surface area (Å²) in [5.41, 5.74) is 1.61. The van der Waals surface area contributed by atoms with Crippen molar-refractivity contribution < 1.29 is 23.8 Å². The van der Waals surface area contributed by atoms with Gasteiger partial charge in [0.2, 0.25) is 6.79 Å². The first kappa shape index (κ1) is 18.3. The number of ether oxygens (including phenoxy) is 3. The summed E-state index contributed by atoms with van der Waals surface area (Å²) in [5.74, 6) is 0.954. The number of imide groups is 1. The van der Waals surface area contributed by atoms with E-state index in [9.17, 15) is 9.59 Å². The maximum atomic E-state index is 13.4. The van der Waals surface area contributed by atoms with Crippen LogP contribution in [0, 0.1) is 0 Å². The minimum Gasteiger partial charge on any atom is -0.497 e. The third-order valence-corrected chi connectivity index (χ3v) is 5.69. The zero-order chi connectivity index (χ0) is 20.7. The van der Waals surface area contributed by atoms with Crippen molar-refractivity contribution in [1.82, 2.24) is 0 Å². The van der Waals surface area contributed by atoms with Gasteiger partial charge in [0.1, 0.15) is 11.4 Å². The van der Waals surface area contributed by atoms with Gasteiger partial charge in [-0.2, -0.15) is 0 Å². The van der Waals surface area contributed by atoms with Crippen molar-refractivity contribution in [2.45, 2.75) is 0 Å². The molecule has 30 heavy (non-hydrogen) atoms. The van der Waals surface area contributed by atoms with Gasteiger partial charge >= 0.3 is 0 Å². The van der Waals surface area contributed by atoms with E-state index < -0.39 is 5.91 Å². The number of nitrogens with zero attached hydrogens (tertiary/aromatic N) is 1. The molecule has 0 saturated carbocycles. The number of nitrogens with one attached hydrogen (secondary N) is 1. The number of thiophene rings is 1. The molecule has 3 heterocycles. The van der Waals surface area contributed by atoms with Crippen LogP contribution in [0.4, 0.5) is 11.4 Å². The molecule has 1 N–H and O–H groups in total. The van der Waals surface area contributed by atoms with E-state index in [0.717, 1.165) is 4.90 Å². The predicted octanol–water partition coefficient (Wildman–Crippen LogP) is 3.88. The first-order valence-electron chi connectivity index (χ1n) is 9.13. The Kier molecular flexibility index (Phi) is 4.40. The molecule has 0 radical (unpaired) electrons. The van der Waals surface area contributed by atoms with Crippen molar-refractivity contribution in [3.63, 3.8) is 0 Å². The van der Waals surface area contributed by atoms with E-state index in [-0.39, 0.29) is 18.4 Å². The van der Waals surface area contributed by atoms with Gasteiger partial charge in [-0.15, -0.1) is 11.3 Å². The zero-order valence-electron chi connectivity index (χ0n) is 15.9. The quantitative estimate of drug-likeness (QED) is 0.632. The van der Waals surface area contributed by atoms with Crippen molar-refractivity contribution in [1.29, 1.82) is 0 Å². The Morgan fingerprint density at radius 1 is 1.00 bits per heavy atom. The highest BCUT2D eigenvalue weighted by Gasteiger charge is 2.41. The normalized spacial score (nSPS) is 15.2. The molecule has 0 atom stereocenters. The van der Waals surface area contributed by atoms with Crippen LogP contribution in [0.2, 0.25) is 0 Å². The molecule has 3 aromatic rings. The maximum Gasteiger partial charge on any atom is 0.282 e. The summed E-state index contributed by atoms with van der Waals surface area (Å²) >= 11 is 1.40. The third-order valence-electron chi connectivity index (χ3n) is 4.80. The number of methoxy groups -OCH3 is 1. The molecule has 150 valence electrons. The number of hydrogen-bond acceptors (Lipinski definition) is 7. The zero-order valence-corrected chi connectivity index (χ0v) is 16.7. The lowest BCUT2D eigenvalue weighted by molar-refractivity contribution is -0.120. The minimum absolute atomic E-state index is 0.156. The van der Waals surface area contributed by atoms with Crippen LogP contribution in [0.5, 0.6) is 17.2 Å². The second kappa shape index (κ2) is 7.23. The number of rotatable bonds is 5. The smallest absolute Gasteiger partial charge is 0.282 e. The molecule has 8 heteroatoms.